The highest BCUT2D eigenvalue weighted by molar-refractivity contribution is 5.08. The lowest BCUT2D eigenvalue weighted by atomic mass is 9.95. The Morgan fingerprint density at radius 1 is 1.21 bits per heavy atom. The Balaban J connectivity index is 0.000000640. The smallest absolute Gasteiger partial charge is 0.0701 e. The third kappa shape index (κ3) is 15.8. The Kier molecular flexibility index (Phi) is 15.9. The van der Waals surface area contributed by atoms with Crippen LogP contribution in [0.2, 0.25) is 0 Å². The summed E-state index contributed by atoms with van der Waals surface area (Å²) in [6.07, 6.45) is 19.3. The third-order valence-electron chi connectivity index (χ3n) is 3.91. The van der Waals surface area contributed by atoms with Crippen molar-refractivity contribution >= 4 is 0 Å². The van der Waals surface area contributed by atoms with E-state index in [-0.39, 0.29) is 6.61 Å². The van der Waals surface area contributed by atoms with Gasteiger partial charge in [-0.2, -0.15) is 0 Å². The third-order valence-corrected chi connectivity index (χ3v) is 3.91. The van der Waals surface area contributed by atoms with Crippen molar-refractivity contribution in [2.45, 2.75) is 72.1 Å². The van der Waals surface area contributed by atoms with Crippen molar-refractivity contribution in [3.8, 4) is 0 Å². The van der Waals surface area contributed by atoms with Gasteiger partial charge in [0.1, 0.15) is 0 Å². The molecule has 0 aromatic heterocycles. The van der Waals surface area contributed by atoms with Crippen LogP contribution in [0.3, 0.4) is 0 Å². The summed E-state index contributed by atoms with van der Waals surface area (Å²) in [7, 11) is 0. The van der Waals surface area contributed by atoms with E-state index in [2.05, 4.69) is 45.6 Å². The highest BCUT2D eigenvalue weighted by Crippen LogP contribution is 2.22. The Hall–Kier alpha value is -1.12. The second kappa shape index (κ2) is 16.7. The molecule has 0 aromatic carbocycles. The molecule has 0 heterocycles. The predicted octanol–water partition coefficient (Wildman–Crippen LogP) is 6.14. The van der Waals surface area contributed by atoms with E-state index < -0.39 is 0 Å². The lowest BCUT2D eigenvalue weighted by molar-refractivity contribution is 0.112. The molecule has 2 heteroatoms. The van der Waals surface area contributed by atoms with Gasteiger partial charge in [0.05, 0.1) is 19.8 Å². The van der Waals surface area contributed by atoms with Crippen molar-refractivity contribution in [2.75, 3.05) is 19.8 Å². The van der Waals surface area contributed by atoms with Crippen LogP contribution < -0.4 is 0 Å². The molecule has 0 aliphatic heterocycles. The summed E-state index contributed by atoms with van der Waals surface area (Å²) in [5.74, 6) is 0. The maximum atomic E-state index is 8.13. The first-order chi connectivity index (χ1) is 11.6. The Morgan fingerprint density at radius 3 is 2.58 bits per heavy atom. The Morgan fingerprint density at radius 2 is 2.00 bits per heavy atom. The molecule has 0 unspecified atom stereocenters. The molecule has 0 saturated carbocycles. The maximum Gasteiger partial charge on any atom is 0.0701 e. The molecule has 138 valence electrons. The highest BCUT2D eigenvalue weighted by Gasteiger charge is 2.02. The number of ether oxygens (including phenoxy) is 1. The zero-order valence-corrected chi connectivity index (χ0v) is 16.2. The fraction of sp³-hybridized carbons (Fsp3) is 0.636. The molecule has 0 amide bonds. The highest BCUT2D eigenvalue weighted by atomic mass is 16.5. The maximum absolute atomic E-state index is 8.13. The van der Waals surface area contributed by atoms with Gasteiger partial charge in [-0.3, -0.25) is 0 Å². The molecule has 0 aromatic rings. The van der Waals surface area contributed by atoms with Crippen LogP contribution in [0.5, 0.6) is 0 Å². The van der Waals surface area contributed by atoms with Gasteiger partial charge in [0.2, 0.25) is 0 Å². The van der Waals surface area contributed by atoms with Crippen molar-refractivity contribution < 1.29 is 9.84 Å². The average molecular weight is 335 g/mol. The van der Waals surface area contributed by atoms with Gasteiger partial charge in [0.25, 0.3) is 0 Å². The zero-order chi connectivity index (χ0) is 18.0. The lowest BCUT2D eigenvalue weighted by Crippen LogP contribution is -1.97. The Labute approximate surface area is 150 Å². The molecular weight excluding hydrogens is 296 g/mol. The van der Waals surface area contributed by atoms with Gasteiger partial charge in [-0.1, -0.05) is 41.0 Å². The van der Waals surface area contributed by atoms with Gasteiger partial charge in [-0.25, -0.2) is 0 Å². The molecule has 1 N–H and O–H groups in total. The van der Waals surface area contributed by atoms with Gasteiger partial charge in [-0.15, -0.1) is 6.58 Å². The summed E-state index contributed by atoms with van der Waals surface area (Å²) in [6.45, 7) is 11.1. The van der Waals surface area contributed by atoms with Crippen molar-refractivity contribution in [3.63, 3.8) is 0 Å². The minimum Gasteiger partial charge on any atom is -0.394 e. The first kappa shape index (κ1) is 22.9. The average Bonchev–Trinajstić information content (AvgIpc) is 2.57. The molecule has 1 rings (SSSR count). The molecular formula is C22H38O2. The van der Waals surface area contributed by atoms with Gasteiger partial charge in [0, 0.05) is 0 Å². The van der Waals surface area contributed by atoms with Gasteiger partial charge >= 0.3 is 0 Å². The van der Waals surface area contributed by atoms with Crippen molar-refractivity contribution in [1.82, 2.24) is 0 Å². The van der Waals surface area contributed by atoms with Crippen LogP contribution in [-0.4, -0.2) is 24.9 Å². The van der Waals surface area contributed by atoms with E-state index in [9.17, 15) is 0 Å². The van der Waals surface area contributed by atoms with Crippen LogP contribution in [0.15, 0.2) is 47.6 Å². The Bertz CT molecular complexity index is 398. The summed E-state index contributed by atoms with van der Waals surface area (Å²) in [6, 6.07) is 0. The number of hydrogen-bond acceptors (Lipinski definition) is 2. The van der Waals surface area contributed by atoms with E-state index in [1.807, 2.05) is 0 Å². The minimum atomic E-state index is 0.0911. The largest absolute Gasteiger partial charge is 0.394 e. The van der Waals surface area contributed by atoms with Crippen LogP contribution in [0.1, 0.15) is 72.1 Å². The number of hydrogen-bond donors (Lipinski definition) is 1. The van der Waals surface area contributed by atoms with Crippen molar-refractivity contribution in [3.05, 3.63) is 47.6 Å². The summed E-state index contributed by atoms with van der Waals surface area (Å²) >= 11 is 0. The molecule has 0 atom stereocenters. The molecule has 0 fully saturated rings. The van der Waals surface area contributed by atoms with Crippen LogP contribution in [-0.2, 0) is 4.74 Å². The molecule has 24 heavy (non-hydrogen) atoms. The number of aliphatic hydroxyl groups excluding tert-OH is 1. The van der Waals surface area contributed by atoms with Crippen LogP contribution in [0.4, 0.5) is 0 Å². The SMILES string of the molecule is C=CCOCCO.CC(C)=CCC/C(C)=C/CCC1=CCCCC1. The quantitative estimate of drug-likeness (QED) is 0.384. The second-order valence-corrected chi connectivity index (χ2v) is 6.60. The van der Waals surface area contributed by atoms with Crippen LogP contribution in [0.25, 0.3) is 0 Å². The van der Waals surface area contributed by atoms with Crippen molar-refractivity contribution in [1.29, 1.82) is 0 Å². The minimum absolute atomic E-state index is 0.0911. The van der Waals surface area contributed by atoms with Crippen LogP contribution >= 0.6 is 0 Å². The number of rotatable bonds is 10. The molecule has 0 radical (unpaired) electrons. The first-order valence-corrected chi connectivity index (χ1v) is 9.36. The van der Waals surface area contributed by atoms with E-state index in [0.29, 0.717) is 13.2 Å². The van der Waals surface area contributed by atoms with E-state index in [0.717, 1.165) is 0 Å². The summed E-state index contributed by atoms with van der Waals surface area (Å²) < 4.78 is 4.76. The van der Waals surface area contributed by atoms with E-state index in [4.69, 9.17) is 9.84 Å². The first-order valence-electron chi connectivity index (χ1n) is 9.36. The number of allylic oxidation sites excluding steroid dienone is 6. The van der Waals surface area contributed by atoms with Crippen LogP contribution in [0, 0.1) is 0 Å². The predicted molar refractivity (Wildman–Crippen MR) is 106 cm³/mol. The normalized spacial score (nSPS) is 14.3. The van der Waals surface area contributed by atoms with E-state index in [1.165, 1.54) is 56.9 Å². The molecule has 0 bridgehead atoms. The number of aliphatic hydroxyl groups is 1. The van der Waals surface area contributed by atoms with Gasteiger partial charge < -0.3 is 9.84 Å². The molecule has 0 spiro atoms. The van der Waals surface area contributed by atoms with E-state index >= 15 is 0 Å². The molecule has 2 nitrogen and oxygen atoms in total. The zero-order valence-electron chi connectivity index (χ0n) is 16.2. The second-order valence-electron chi connectivity index (χ2n) is 6.60. The van der Waals surface area contributed by atoms with Crippen molar-refractivity contribution in [2.24, 2.45) is 0 Å². The lowest BCUT2D eigenvalue weighted by Gasteiger charge is -2.11. The summed E-state index contributed by atoms with van der Waals surface area (Å²) in [4.78, 5) is 0. The molecule has 0 saturated heterocycles. The van der Waals surface area contributed by atoms with Gasteiger partial charge in [0.15, 0.2) is 0 Å². The van der Waals surface area contributed by atoms with Gasteiger partial charge in [-0.05, 0) is 72.1 Å². The standard InChI is InChI=1S/C17H28.C5H10O2/c1-15(2)9-7-10-16(3)11-8-14-17-12-5-4-6-13-17;1-2-4-7-5-3-6/h9,11-12H,4-8,10,13-14H2,1-3H3;2,6H,1,3-5H2/b16-11+;. The summed E-state index contributed by atoms with van der Waals surface area (Å²) in [5.41, 5.74) is 4.69. The molecule has 1 aliphatic carbocycles. The topological polar surface area (TPSA) is 29.5 Å². The molecule has 1 aliphatic rings. The monoisotopic (exact) mass is 334 g/mol. The fourth-order valence-corrected chi connectivity index (χ4v) is 2.56. The van der Waals surface area contributed by atoms with E-state index in [1.54, 1.807) is 17.2 Å². The summed E-state index contributed by atoms with van der Waals surface area (Å²) in [5, 5.41) is 8.13. The fourth-order valence-electron chi connectivity index (χ4n) is 2.56.